The third kappa shape index (κ3) is 4.86. The van der Waals surface area contributed by atoms with Gasteiger partial charge in [0.15, 0.2) is 0 Å². The second-order valence-corrected chi connectivity index (χ2v) is 6.89. The topological polar surface area (TPSA) is 73.9 Å². The zero-order chi connectivity index (χ0) is 20.1. The number of nitrogens with zero attached hydrogens (tertiary/aromatic N) is 2. The fraction of sp³-hybridized carbons (Fsp3) is 0.300. The van der Waals surface area contributed by atoms with E-state index in [1.165, 1.54) is 6.92 Å². The molecule has 8 heteroatoms. The Morgan fingerprint density at radius 2 is 1.68 bits per heavy atom. The zero-order valence-corrected chi connectivity index (χ0v) is 16.6. The average Bonchev–Trinajstić information content (AvgIpc) is 2.70. The molecule has 1 heterocycles. The third-order valence-corrected chi connectivity index (χ3v) is 4.85. The van der Waals surface area contributed by atoms with E-state index >= 15 is 0 Å². The van der Waals surface area contributed by atoms with Crippen molar-refractivity contribution in [3.05, 3.63) is 47.5 Å². The number of rotatable bonds is 4. The van der Waals surface area contributed by atoms with E-state index < -0.39 is 0 Å². The Morgan fingerprint density at radius 1 is 1.00 bits per heavy atom. The average molecular weight is 403 g/mol. The summed E-state index contributed by atoms with van der Waals surface area (Å²) in [6, 6.07) is 12.7. The van der Waals surface area contributed by atoms with Crippen molar-refractivity contribution in [2.24, 2.45) is 0 Å². The van der Waals surface area contributed by atoms with Gasteiger partial charge >= 0.3 is 6.03 Å². The van der Waals surface area contributed by atoms with Crippen LogP contribution < -0.4 is 20.3 Å². The van der Waals surface area contributed by atoms with Gasteiger partial charge in [-0.1, -0.05) is 11.6 Å². The molecule has 0 radical (unpaired) electrons. The summed E-state index contributed by atoms with van der Waals surface area (Å²) in [5.41, 5.74) is 2.21. The minimum Gasteiger partial charge on any atom is -0.497 e. The summed E-state index contributed by atoms with van der Waals surface area (Å²) in [4.78, 5) is 27.7. The number of hydrogen-bond donors (Lipinski definition) is 2. The van der Waals surface area contributed by atoms with Crippen LogP contribution >= 0.6 is 11.6 Å². The molecule has 1 aliphatic heterocycles. The zero-order valence-electron chi connectivity index (χ0n) is 15.9. The van der Waals surface area contributed by atoms with Crippen LogP contribution in [0.2, 0.25) is 5.02 Å². The first kappa shape index (κ1) is 19.8. The molecule has 0 saturated carbocycles. The molecule has 148 valence electrons. The number of benzene rings is 2. The Morgan fingerprint density at radius 3 is 2.25 bits per heavy atom. The van der Waals surface area contributed by atoms with E-state index in [-0.39, 0.29) is 11.9 Å². The summed E-state index contributed by atoms with van der Waals surface area (Å²) in [5, 5.41) is 5.87. The SMILES string of the molecule is COc1ccc(N2CCN(C(=O)Nc3ccc(NC(C)=O)cc3Cl)CC2)cc1. The number of urea groups is 1. The quantitative estimate of drug-likeness (QED) is 0.818. The molecule has 1 fully saturated rings. The van der Waals surface area contributed by atoms with Crippen molar-refractivity contribution in [1.29, 1.82) is 0 Å². The second kappa shape index (κ2) is 8.84. The minimum atomic E-state index is -0.191. The normalized spacial score (nSPS) is 13.8. The smallest absolute Gasteiger partial charge is 0.322 e. The van der Waals surface area contributed by atoms with Crippen molar-refractivity contribution in [1.82, 2.24) is 4.90 Å². The lowest BCUT2D eigenvalue weighted by Crippen LogP contribution is -2.50. The molecule has 0 aromatic heterocycles. The molecule has 3 amide bonds. The van der Waals surface area contributed by atoms with E-state index in [2.05, 4.69) is 15.5 Å². The van der Waals surface area contributed by atoms with E-state index in [9.17, 15) is 9.59 Å². The molecule has 28 heavy (non-hydrogen) atoms. The minimum absolute atomic E-state index is 0.178. The predicted molar refractivity (Wildman–Crippen MR) is 112 cm³/mol. The van der Waals surface area contributed by atoms with Gasteiger partial charge in [0.2, 0.25) is 5.91 Å². The first-order valence-electron chi connectivity index (χ1n) is 8.98. The summed E-state index contributed by atoms with van der Waals surface area (Å²) in [6.45, 7) is 4.14. The van der Waals surface area contributed by atoms with E-state index in [4.69, 9.17) is 16.3 Å². The molecule has 0 spiro atoms. The first-order chi connectivity index (χ1) is 13.5. The van der Waals surface area contributed by atoms with E-state index in [0.29, 0.717) is 29.5 Å². The van der Waals surface area contributed by atoms with Gasteiger partial charge in [-0.3, -0.25) is 4.79 Å². The lowest BCUT2D eigenvalue weighted by atomic mass is 10.2. The van der Waals surface area contributed by atoms with Crippen molar-refractivity contribution in [2.75, 3.05) is 48.8 Å². The van der Waals surface area contributed by atoms with Crippen LogP contribution in [0, 0.1) is 0 Å². The first-order valence-corrected chi connectivity index (χ1v) is 9.36. The number of nitrogens with one attached hydrogen (secondary N) is 2. The lowest BCUT2D eigenvalue weighted by molar-refractivity contribution is -0.114. The molecule has 0 unspecified atom stereocenters. The monoisotopic (exact) mass is 402 g/mol. The van der Waals surface area contributed by atoms with Crippen molar-refractivity contribution < 1.29 is 14.3 Å². The Hall–Kier alpha value is -2.93. The Balaban J connectivity index is 1.55. The number of carbonyl (C=O) groups is 2. The van der Waals surface area contributed by atoms with Gasteiger partial charge in [-0.2, -0.15) is 0 Å². The molecule has 0 atom stereocenters. The standard InChI is InChI=1S/C20H23ClN4O3/c1-14(26)22-15-3-8-19(18(21)13-15)23-20(27)25-11-9-24(10-12-25)16-4-6-17(28-2)7-5-16/h3-8,13H,9-12H2,1-2H3,(H,22,26)(H,23,27). The lowest BCUT2D eigenvalue weighted by Gasteiger charge is -2.36. The van der Waals surface area contributed by atoms with Gasteiger partial charge in [-0.25, -0.2) is 4.79 Å². The number of methoxy groups -OCH3 is 1. The molecule has 2 aromatic carbocycles. The summed E-state index contributed by atoms with van der Waals surface area (Å²) in [5.74, 6) is 0.644. The molecule has 0 bridgehead atoms. The number of halogens is 1. The fourth-order valence-corrected chi connectivity index (χ4v) is 3.28. The number of anilines is 3. The summed E-state index contributed by atoms with van der Waals surface area (Å²) in [7, 11) is 1.64. The fourth-order valence-electron chi connectivity index (χ4n) is 3.05. The van der Waals surface area contributed by atoms with Crippen LogP contribution in [0.5, 0.6) is 5.75 Å². The van der Waals surface area contributed by atoms with Gasteiger partial charge in [0.05, 0.1) is 17.8 Å². The van der Waals surface area contributed by atoms with E-state index in [0.717, 1.165) is 24.5 Å². The molecular weight excluding hydrogens is 380 g/mol. The number of amides is 3. The summed E-state index contributed by atoms with van der Waals surface area (Å²) >= 11 is 6.22. The molecule has 3 rings (SSSR count). The van der Waals surface area contributed by atoms with Crippen LogP contribution in [0.1, 0.15) is 6.92 Å². The molecule has 0 aliphatic carbocycles. The van der Waals surface area contributed by atoms with Crippen LogP contribution in [-0.2, 0) is 4.79 Å². The van der Waals surface area contributed by atoms with E-state index in [1.54, 1.807) is 30.2 Å². The summed E-state index contributed by atoms with van der Waals surface area (Å²) < 4.78 is 5.19. The Labute approximate surface area is 169 Å². The van der Waals surface area contributed by atoms with Gasteiger partial charge in [0, 0.05) is 44.5 Å². The van der Waals surface area contributed by atoms with Gasteiger partial charge in [0.1, 0.15) is 5.75 Å². The number of carbonyl (C=O) groups excluding carboxylic acids is 2. The highest BCUT2D eigenvalue weighted by atomic mass is 35.5. The number of piperazine rings is 1. The highest BCUT2D eigenvalue weighted by molar-refractivity contribution is 6.34. The highest BCUT2D eigenvalue weighted by Crippen LogP contribution is 2.26. The van der Waals surface area contributed by atoms with Crippen LogP contribution in [-0.4, -0.2) is 50.1 Å². The molecule has 1 aliphatic rings. The van der Waals surface area contributed by atoms with Crippen molar-refractivity contribution >= 4 is 40.6 Å². The second-order valence-electron chi connectivity index (χ2n) is 6.48. The van der Waals surface area contributed by atoms with Crippen LogP contribution in [0.15, 0.2) is 42.5 Å². The maximum absolute atomic E-state index is 12.6. The molecule has 1 saturated heterocycles. The maximum atomic E-state index is 12.6. The Bertz CT molecular complexity index is 849. The van der Waals surface area contributed by atoms with Gasteiger partial charge in [-0.05, 0) is 42.5 Å². The molecule has 7 nitrogen and oxygen atoms in total. The number of ether oxygens (including phenoxy) is 1. The predicted octanol–water partition coefficient (Wildman–Crippen LogP) is 3.66. The third-order valence-electron chi connectivity index (χ3n) is 4.54. The van der Waals surface area contributed by atoms with Crippen LogP contribution in [0.25, 0.3) is 0 Å². The van der Waals surface area contributed by atoms with Crippen LogP contribution in [0.3, 0.4) is 0 Å². The van der Waals surface area contributed by atoms with Gasteiger partial charge in [0.25, 0.3) is 0 Å². The molecular formula is C20H23ClN4O3. The van der Waals surface area contributed by atoms with Gasteiger partial charge in [-0.15, -0.1) is 0 Å². The van der Waals surface area contributed by atoms with Gasteiger partial charge < -0.3 is 25.2 Å². The highest BCUT2D eigenvalue weighted by Gasteiger charge is 2.22. The van der Waals surface area contributed by atoms with Crippen molar-refractivity contribution in [3.8, 4) is 5.75 Å². The molecule has 2 N–H and O–H groups in total. The van der Waals surface area contributed by atoms with Crippen LogP contribution in [0.4, 0.5) is 21.9 Å². The maximum Gasteiger partial charge on any atom is 0.322 e. The summed E-state index contributed by atoms with van der Waals surface area (Å²) in [6.07, 6.45) is 0. The van der Waals surface area contributed by atoms with Crippen molar-refractivity contribution in [3.63, 3.8) is 0 Å². The van der Waals surface area contributed by atoms with Crippen molar-refractivity contribution in [2.45, 2.75) is 6.92 Å². The number of hydrogen-bond acceptors (Lipinski definition) is 4. The Kier molecular flexibility index (Phi) is 6.26. The largest absolute Gasteiger partial charge is 0.497 e. The molecule has 2 aromatic rings. The van der Waals surface area contributed by atoms with E-state index in [1.807, 2.05) is 24.3 Å².